The number of nitrogens with zero attached hydrogens (tertiary/aromatic N) is 1. The number of benzene rings is 2. The van der Waals surface area contributed by atoms with Gasteiger partial charge in [-0.15, -0.1) is 11.8 Å². The zero-order valence-electron chi connectivity index (χ0n) is 14.3. The number of carbonyl (C=O) groups is 2. The lowest BCUT2D eigenvalue weighted by Crippen LogP contribution is -2.50. The molecule has 1 aliphatic rings. The van der Waals surface area contributed by atoms with Gasteiger partial charge in [0.25, 0.3) is 0 Å². The summed E-state index contributed by atoms with van der Waals surface area (Å²) < 4.78 is 0. The van der Waals surface area contributed by atoms with E-state index in [0.717, 1.165) is 11.3 Å². The van der Waals surface area contributed by atoms with E-state index in [-0.39, 0.29) is 11.8 Å². The molecule has 1 atom stereocenters. The molecule has 0 saturated heterocycles. The number of fused-ring (bicyclic) bond motifs is 1. The van der Waals surface area contributed by atoms with Gasteiger partial charge in [-0.25, -0.2) is 0 Å². The lowest BCUT2D eigenvalue weighted by atomic mass is 9.99. The summed E-state index contributed by atoms with van der Waals surface area (Å²) in [5, 5.41) is 2.82. The number of amides is 2. The third kappa shape index (κ3) is 4.63. The van der Waals surface area contributed by atoms with Crippen molar-refractivity contribution in [1.82, 2.24) is 10.2 Å². The average Bonchev–Trinajstić information content (AvgIpc) is 2.64. The largest absolute Gasteiger partial charge is 0.344 e. The highest BCUT2D eigenvalue weighted by molar-refractivity contribution is 7.99. The molecule has 1 heterocycles. The summed E-state index contributed by atoms with van der Waals surface area (Å²) >= 11 is 1.59. The Labute approximate surface area is 152 Å². The smallest absolute Gasteiger partial charge is 0.246 e. The van der Waals surface area contributed by atoms with Crippen molar-refractivity contribution in [2.75, 3.05) is 12.3 Å². The fraction of sp³-hybridized carbons (Fsp3) is 0.300. The molecular formula is C20H22N2O2S. The molecule has 0 spiro atoms. The van der Waals surface area contributed by atoms with Crippen molar-refractivity contribution in [2.45, 2.75) is 30.8 Å². The first-order chi connectivity index (χ1) is 12.1. The minimum absolute atomic E-state index is 0.00636. The molecule has 0 saturated carbocycles. The zero-order chi connectivity index (χ0) is 17.6. The van der Waals surface area contributed by atoms with E-state index in [4.69, 9.17) is 0 Å². The van der Waals surface area contributed by atoms with E-state index < -0.39 is 6.04 Å². The molecule has 3 rings (SSSR count). The monoisotopic (exact) mass is 354 g/mol. The van der Waals surface area contributed by atoms with Crippen LogP contribution >= 0.6 is 11.8 Å². The second-order valence-corrected chi connectivity index (χ2v) is 7.25. The van der Waals surface area contributed by atoms with Gasteiger partial charge in [0.05, 0.1) is 0 Å². The molecule has 0 bridgehead atoms. The van der Waals surface area contributed by atoms with E-state index in [9.17, 15) is 9.59 Å². The maximum Gasteiger partial charge on any atom is 0.246 e. The Bertz CT molecular complexity index is 748. The minimum Gasteiger partial charge on any atom is -0.344 e. The molecule has 1 unspecified atom stereocenters. The van der Waals surface area contributed by atoms with Crippen LogP contribution in [0, 0.1) is 0 Å². The lowest BCUT2D eigenvalue weighted by Gasteiger charge is -2.32. The van der Waals surface area contributed by atoms with Crippen LogP contribution in [0.4, 0.5) is 0 Å². The van der Waals surface area contributed by atoms with Gasteiger partial charge in [0.2, 0.25) is 11.8 Å². The first-order valence-corrected chi connectivity index (χ1v) is 9.42. The Balaban J connectivity index is 1.68. The van der Waals surface area contributed by atoms with Gasteiger partial charge < -0.3 is 10.2 Å². The molecule has 2 aromatic rings. The molecule has 130 valence electrons. The van der Waals surface area contributed by atoms with Crippen LogP contribution in [0.1, 0.15) is 18.1 Å². The highest BCUT2D eigenvalue weighted by atomic mass is 32.2. The van der Waals surface area contributed by atoms with Crippen molar-refractivity contribution < 1.29 is 9.59 Å². The molecule has 1 aliphatic heterocycles. The molecule has 0 aromatic heterocycles. The third-order valence-electron chi connectivity index (χ3n) is 4.28. The van der Waals surface area contributed by atoms with Gasteiger partial charge in [0.15, 0.2) is 0 Å². The maximum absolute atomic E-state index is 13.0. The van der Waals surface area contributed by atoms with Crippen molar-refractivity contribution in [1.29, 1.82) is 0 Å². The van der Waals surface area contributed by atoms with Crippen molar-refractivity contribution >= 4 is 23.6 Å². The number of hydrogen-bond acceptors (Lipinski definition) is 3. The van der Waals surface area contributed by atoms with Crippen LogP contribution in [-0.4, -0.2) is 35.1 Å². The number of thioether (sulfide) groups is 1. The summed E-state index contributed by atoms with van der Waals surface area (Å²) in [5.41, 5.74) is 2.50. The summed E-state index contributed by atoms with van der Waals surface area (Å²) in [4.78, 5) is 27.5. The average molecular weight is 354 g/mol. The van der Waals surface area contributed by atoms with Crippen molar-refractivity contribution in [3.8, 4) is 0 Å². The maximum atomic E-state index is 13.0. The van der Waals surface area contributed by atoms with E-state index in [0.29, 0.717) is 18.8 Å². The highest BCUT2D eigenvalue weighted by Crippen LogP contribution is 2.22. The fourth-order valence-electron chi connectivity index (χ4n) is 3.02. The number of rotatable bonds is 5. The molecule has 0 fully saturated rings. The Morgan fingerprint density at radius 3 is 2.48 bits per heavy atom. The van der Waals surface area contributed by atoms with Gasteiger partial charge in [-0.2, -0.15) is 0 Å². The zero-order valence-corrected chi connectivity index (χ0v) is 15.1. The Morgan fingerprint density at radius 1 is 1.08 bits per heavy atom. The molecular weight excluding hydrogens is 332 g/mol. The van der Waals surface area contributed by atoms with Crippen LogP contribution < -0.4 is 5.32 Å². The van der Waals surface area contributed by atoms with E-state index in [1.807, 2.05) is 47.4 Å². The van der Waals surface area contributed by atoms with Gasteiger partial charge in [-0.1, -0.05) is 42.5 Å². The first kappa shape index (κ1) is 17.5. The van der Waals surface area contributed by atoms with Crippen LogP contribution in [0.15, 0.2) is 59.5 Å². The standard InChI is InChI=1S/C20H22N2O2S/c1-15(23)21-19(14-25-18-9-3-2-4-10-18)20(24)22-12-11-16-7-5-6-8-17(16)13-22/h2-10,19H,11-14H2,1H3,(H,21,23). The fourth-order valence-corrected chi connectivity index (χ4v) is 3.96. The molecule has 2 aromatic carbocycles. The topological polar surface area (TPSA) is 49.4 Å². The van der Waals surface area contributed by atoms with Gasteiger partial charge >= 0.3 is 0 Å². The van der Waals surface area contributed by atoms with Gasteiger partial charge in [-0.3, -0.25) is 9.59 Å². The van der Waals surface area contributed by atoms with Gasteiger partial charge in [0.1, 0.15) is 6.04 Å². The van der Waals surface area contributed by atoms with Crippen LogP contribution in [0.5, 0.6) is 0 Å². The number of carbonyl (C=O) groups excluding carboxylic acids is 2. The van der Waals surface area contributed by atoms with Crippen LogP contribution in [0.2, 0.25) is 0 Å². The van der Waals surface area contributed by atoms with Crippen LogP contribution in [0.25, 0.3) is 0 Å². The van der Waals surface area contributed by atoms with Crippen molar-refractivity contribution in [3.05, 3.63) is 65.7 Å². The SMILES string of the molecule is CC(=O)NC(CSc1ccccc1)C(=O)N1CCc2ccccc2C1. The Hall–Kier alpha value is -2.27. The molecule has 2 amide bonds. The normalized spacial score (nSPS) is 14.5. The van der Waals surface area contributed by atoms with Crippen molar-refractivity contribution in [3.63, 3.8) is 0 Å². The summed E-state index contributed by atoms with van der Waals surface area (Å²) in [7, 11) is 0. The van der Waals surface area contributed by atoms with Crippen LogP contribution in [-0.2, 0) is 22.6 Å². The molecule has 25 heavy (non-hydrogen) atoms. The molecule has 4 nitrogen and oxygen atoms in total. The Morgan fingerprint density at radius 2 is 1.76 bits per heavy atom. The summed E-state index contributed by atoms with van der Waals surface area (Å²) in [6, 6.07) is 17.6. The van der Waals surface area contributed by atoms with E-state index in [1.54, 1.807) is 11.8 Å². The van der Waals surface area contributed by atoms with E-state index in [2.05, 4.69) is 17.4 Å². The Kier molecular flexibility index (Phi) is 5.76. The lowest BCUT2D eigenvalue weighted by molar-refractivity contribution is -0.136. The molecule has 1 N–H and O–H groups in total. The molecule has 0 aliphatic carbocycles. The number of nitrogens with one attached hydrogen (secondary N) is 1. The summed E-state index contributed by atoms with van der Waals surface area (Å²) in [5.74, 6) is 0.346. The second-order valence-electron chi connectivity index (χ2n) is 6.16. The first-order valence-electron chi connectivity index (χ1n) is 8.44. The quantitative estimate of drug-likeness (QED) is 0.840. The van der Waals surface area contributed by atoms with E-state index >= 15 is 0 Å². The predicted molar refractivity (Wildman–Crippen MR) is 100 cm³/mol. The number of hydrogen-bond donors (Lipinski definition) is 1. The molecule has 5 heteroatoms. The van der Waals surface area contributed by atoms with Gasteiger partial charge in [-0.05, 0) is 29.7 Å². The third-order valence-corrected chi connectivity index (χ3v) is 5.38. The van der Waals surface area contributed by atoms with Gasteiger partial charge in [0, 0.05) is 30.7 Å². The second kappa shape index (κ2) is 8.21. The summed E-state index contributed by atoms with van der Waals surface area (Å²) in [6.07, 6.45) is 0.862. The summed E-state index contributed by atoms with van der Waals surface area (Å²) in [6.45, 7) is 2.77. The van der Waals surface area contributed by atoms with Crippen molar-refractivity contribution in [2.24, 2.45) is 0 Å². The predicted octanol–water partition coefficient (Wildman–Crippen LogP) is 2.87. The minimum atomic E-state index is -0.507. The van der Waals surface area contributed by atoms with Crippen LogP contribution in [0.3, 0.4) is 0 Å². The highest BCUT2D eigenvalue weighted by Gasteiger charge is 2.27. The molecule has 0 radical (unpaired) electrons. The van der Waals surface area contributed by atoms with E-state index in [1.165, 1.54) is 18.1 Å².